The highest BCUT2D eigenvalue weighted by Gasteiger charge is 2.31. The minimum Gasteiger partial charge on any atom is -0.486 e. The van der Waals surface area contributed by atoms with Gasteiger partial charge in [0.05, 0.1) is 11.0 Å². The number of hydrogen-bond donors (Lipinski definition) is 2. The lowest BCUT2D eigenvalue weighted by Gasteiger charge is -2.20. The summed E-state index contributed by atoms with van der Waals surface area (Å²) in [5.74, 6) is 0.442. The Morgan fingerprint density at radius 3 is 2.36 bits per heavy atom. The molecule has 3 rings (SSSR count). The summed E-state index contributed by atoms with van der Waals surface area (Å²) in [5, 5.41) is 10.2. The minimum atomic E-state index is -4.87. The largest absolute Gasteiger partial charge is 0.573 e. The Hall–Kier alpha value is -2.50. The lowest BCUT2D eigenvalue weighted by atomic mass is 10.1. The van der Waals surface area contributed by atoms with Crippen LogP contribution in [-0.4, -0.2) is 39.6 Å². The van der Waals surface area contributed by atoms with Gasteiger partial charge in [0.1, 0.15) is 19.0 Å². The van der Waals surface area contributed by atoms with Crippen molar-refractivity contribution in [3.05, 3.63) is 48.0 Å². The molecular weight excluding hydrogens is 403 g/mol. The van der Waals surface area contributed by atoms with Gasteiger partial charge < -0.3 is 19.3 Å². The maximum absolute atomic E-state index is 12.3. The number of alkyl halides is 3. The van der Waals surface area contributed by atoms with Gasteiger partial charge in [0.25, 0.3) is 0 Å². The van der Waals surface area contributed by atoms with Gasteiger partial charge in [-0.15, -0.1) is 13.2 Å². The third-order valence-electron chi connectivity index (χ3n) is 3.79. The molecule has 0 amide bonds. The summed E-state index contributed by atoms with van der Waals surface area (Å²) in [5.41, 5.74) is 0.417. The van der Waals surface area contributed by atoms with Crippen molar-refractivity contribution in [3.63, 3.8) is 0 Å². The van der Waals surface area contributed by atoms with Gasteiger partial charge in [-0.25, -0.2) is 13.1 Å². The number of rotatable bonds is 6. The second kappa shape index (κ2) is 7.86. The Balaban J connectivity index is 1.64. The first-order valence-corrected chi connectivity index (χ1v) is 9.55. The molecule has 0 fully saturated rings. The molecule has 0 saturated carbocycles. The SMILES string of the molecule is O=S(=O)(NC[C@H](O)c1ccc2c(c1)OCCO2)c1ccc(OC(F)(F)F)cc1. The van der Waals surface area contributed by atoms with Crippen molar-refractivity contribution in [2.75, 3.05) is 19.8 Å². The zero-order valence-corrected chi connectivity index (χ0v) is 15.1. The van der Waals surface area contributed by atoms with Gasteiger partial charge in [-0.2, -0.15) is 0 Å². The van der Waals surface area contributed by atoms with Crippen molar-refractivity contribution in [2.24, 2.45) is 0 Å². The highest BCUT2D eigenvalue weighted by Crippen LogP contribution is 2.32. The summed E-state index contributed by atoms with van der Waals surface area (Å²) in [6, 6.07) is 8.46. The van der Waals surface area contributed by atoms with Crippen molar-refractivity contribution in [1.82, 2.24) is 4.72 Å². The molecule has 0 saturated heterocycles. The van der Waals surface area contributed by atoms with E-state index in [9.17, 15) is 26.7 Å². The number of hydrogen-bond acceptors (Lipinski definition) is 6. The molecule has 1 aliphatic heterocycles. The van der Waals surface area contributed by atoms with Crippen LogP contribution in [0.15, 0.2) is 47.4 Å². The van der Waals surface area contributed by atoms with Crippen LogP contribution in [0.25, 0.3) is 0 Å². The summed E-state index contributed by atoms with van der Waals surface area (Å²) < 4.78 is 77.7. The maximum Gasteiger partial charge on any atom is 0.573 e. The number of aliphatic hydroxyl groups excluding tert-OH is 1. The zero-order valence-electron chi connectivity index (χ0n) is 14.3. The first kappa shape index (κ1) is 20.2. The van der Waals surface area contributed by atoms with E-state index in [1.54, 1.807) is 18.2 Å². The van der Waals surface area contributed by atoms with Crippen LogP contribution in [0, 0.1) is 0 Å². The van der Waals surface area contributed by atoms with Crippen molar-refractivity contribution in [3.8, 4) is 17.2 Å². The standard InChI is InChI=1S/C17H16F3NO6S/c18-17(19,20)27-12-2-4-13(5-3-12)28(23,24)21-10-14(22)11-1-6-15-16(9-11)26-8-7-25-15/h1-6,9,14,21-22H,7-8,10H2/t14-/m0/s1. The number of aliphatic hydroxyl groups is 1. The first-order chi connectivity index (χ1) is 13.1. The van der Waals surface area contributed by atoms with E-state index in [4.69, 9.17) is 9.47 Å². The van der Waals surface area contributed by atoms with E-state index in [0.717, 1.165) is 24.3 Å². The van der Waals surface area contributed by atoms with E-state index in [1.807, 2.05) is 0 Å². The lowest BCUT2D eigenvalue weighted by Crippen LogP contribution is -2.28. The van der Waals surface area contributed by atoms with Crippen LogP contribution in [0.4, 0.5) is 13.2 Å². The van der Waals surface area contributed by atoms with Crippen LogP contribution in [0.5, 0.6) is 17.2 Å². The first-order valence-electron chi connectivity index (χ1n) is 8.07. The molecule has 0 radical (unpaired) electrons. The molecule has 2 N–H and O–H groups in total. The van der Waals surface area contributed by atoms with Crippen LogP contribution in [0.3, 0.4) is 0 Å². The lowest BCUT2D eigenvalue weighted by molar-refractivity contribution is -0.274. The molecular formula is C17H16F3NO6S. The van der Waals surface area contributed by atoms with E-state index in [-0.39, 0.29) is 11.4 Å². The predicted molar refractivity (Wildman–Crippen MR) is 90.7 cm³/mol. The number of halogens is 3. The Bertz CT molecular complexity index is 931. The normalized spacial score (nSPS) is 15.1. The summed E-state index contributed by atoms with van der Waals surface area (Å²) in [7, 11) is -4.04. The fourth-order valence-electron chi connectivity index (χ4n) is 2.48. The van der Waals surface area contributed by atoms with Gasteiger partial charge in [-0.05, 0) is 42.0 Å². The van der Waals surface area contributed by atoms with Crippen LogP contribution in [0.2, 0.25) is 0 Å². The van der Waals surface area contributed by atoms with Crippen molar-refractivity contribution >= 4 is 10.0 Å². The summed E-state index contributed by atoms with van der Waals surface area (Å²) in [4.78, 5) is -0.267. The molecule has 0 bridgehead atoms. The summed E-state index contributed by atoms with van der Waals surface area (Å²) in [6.45, 7) is 0.442. The van der Waals surface area contributed by atoms with Crippen LogP contribution in [0.1, 0.15) is 11.7 Å². The summed E-state index contributed by atoms with van der Waals surface area (Å²) >= 11 is 0. The Labute approximate surface area is 158 Å². The molecule has 152 valence electrons. The number of ether oxygens (including phenoxy) is 3. The number of benzene rings is 2. The van der Waals surface area contributed by atoms with Gasteiger partial charge in [-0.1, -0.05) is 6.07 Å². The molecule has 0 aliphatic carbocycles. The maximum atomic E-state index is 12.3. The van der Waals surface area contributed by atoms with E-state index >= 15 is 0 Å². The Morgan fingerprint density at radius 1 is 1.07 bits per heavy atom. The van der Waals surface area contributed by atoms with E-state index < -0.39 is 28.2 Å². The monoisotopic (exact) mass is 419 g/mol. The van der Waals surface area contributed by atoms with E-state index in [0.29, 0.717) is 30.3 Å². The fourth-order valence-corrected chi connectivity index (χ4v) is 3.52. The van der Waals surface area contributed by atoms with E-state index in [2.05, 4.69) is 9.46 Å². The van der Waals surface area contributed by atoms with E-state index in [1.165, 1.54) is 0 Å². The molecule has 0 aromatic heterocycles. The highest BCUT2D eigenvalue weighted by atomic mass is 32.2. The van der Waals surface area contributed by atoms with Crippen LogP contribution in [-0.2, 0) is 10.0 Å². The minimum absolute atomic E-state index is 0.267. The molecule has 0 spiro atoms. The average Bonchev–Trinajstić information content (AvgIpc) is 2.65. The molecule has 0 unspecified atom stereocenters. The number of sulfonamides is 1. The predicted octanol–water partition coefficient (Wildman–Crippen LogP) is 2.37. The Kier molecular flexibility index (Phi) is 5.68. The quantitative estimate of drug-likeness (QED) is 0.747. The summed E-state index contributed by atoms with van der Waals surface area (Å²) in [6.07, 6.45) is -6.04. The average molecular weight is 419 g/mol. The topological polar surface area (TPSA) is 94.1 Å². The van der Waals surface area contributed by atoms with Crippen LogP contribution >= 0.6 is 0 Å². The zero-order chi connectivity index (χ0) is 20.4. The fraction of sp³-hybridized carbons (Fsp3) is 0.294. The number of fused-ring (bicyclic) bond motifs is 1. The second-order valence-electron chi connectivity index (χ2n) is 5.79. The molecule has 28 heavy (non-hydrogen) atoms. The van der Waals surface area contributed by atoms with Gasteiger partial charge in [0.2, 0.25) is 10.0 Å². The molecule has 1 heterocycles. The second-order valence-corrected chi connectivity index (χ2v) is 7.56. The third-order valence-corrected chi connectivity index (χ3v) is 5.22. The highest BCUT2D eigenvalue weighted by molar-refractivity contribution is 7.89. The van der Waals surface area contributed by atoms with Crippen LogP contribution < -0.4 is 18.9 Å². The molecule has 2 aromatic rings. The molecule has 11 heteroatoms. The molecule has 2 aromatic carbocycles. The van der Waals surface area contributed by atoms with Crippen molar-refractivity contribution < 1.29 is 40.9 Å². The smallest absolute Gasteiger partial charge is 0.486 e. The molecule has 1 atom stereocenters. The van der Waals surface area contributed by atoms with Crippen molar-refractivity contribution in [2.45, 2.75) is 17.4 Å². The third kappa shape index (κ3) is 5.06. The number of nitrogens with one attached hydrogen (secondary N) is 1. The molecule has 7 nitrogen and oxygen atoms in total. The molecule has 1 aliphatic rings. The van der Waals surface area contributed by atoms with Crippen molar-refractivity contribution in [1.29, 1.82) is 0 Å². The van der Waals surface area contributed by atoms with Gasteiger partial charge in [-0.3, -0.25) is 0 Å². The van der Waals surface area contributed by atoms with Gasteiger partial charge in [0, 0.05) is 6.54 Å². The van der Waals surface area contributed by atoms with Gasteiger partial charge in [0.15, 0.2) is 11.5 Å². The van der Waals surface area contributed by atoms with Gasteiger partial charge >= 0.3 is 6.36 Å². The Morgan fingerprint density at radius 2 is 1.71 bits per heavy atom.